The van der Waals surface area contributed by atoms with Gasteiger partial charge in [0.2, 0.25) is 5.91 Å². The maximum Gasteiger partial charge on any atom is 0.291 e. The van der Waals surface area contributed by atoms with Crippen LogP contribution in [0.3, 0.4) is 0 Å². The predicted octanol–water partition coefficient (Wildman–Crippen LogP) is 4.27. The smallest absolute Gasteiger partial charge is 0.291 e. The van der Waals surface area contributed by atoms with E-state index < -0.39 is 11.9 Å². The van der Waals surface area contributed by atoms with E-state index >= 15 is 0 Å². The van der Waals surface area contributed by atoms with Crippen LogP contribution in [-0.2, 0) is 11.3 Å². The van der Waals surface area contributed by atoms with Crippen molar-refractivity contribution in [2.75, 3.05) is 5.32 Å². The molecule has 31 heavy (non-hydrogen) atoms. The van der Waals surface area contributed by atoms with E-state index in [1.807, 2.05) is 0 Å². The van der Waals surface area contributed by atoms with E-state index in [1.54, 1.807) is 55.5 Å². The number of nitrogens with one attached hydrogen (secondary N) is 3. The number of furan rings is 1. The first-order valence-electron chi connectivity index (χ1n) is 9.31. The molecular weight excluding hydrogens is 441 g/mol. The lowest BCUT2D eigenvalue weighted by Crippen LogP contribution is -2.44. The third-order valence-electron chi connectivity index (χ3n) is 4.36. The first kappa shape index (κ1) is 22.4. The van der Waals surface area contributed by atoms with Crippen molar-refractivity contribution in [1.29, 1.82) is 0 Å². The van der Waals surface area contributed by atoms with Gasteiger partial charge >= 0.3 is 0 Å². The Morgan fingerprint density at radius 2 is 1.71 bits per heavy atom. The van der Waals surface area contributed by atoms with Gasteiger partial charge in [-0.3, -0.25) is 14.4 Å². The number of hydrogen-bond donors (Lipinski definition) is 3. The molecule has 3 rings (SSSR count). The van der Waals surface area contributed by atoms with E-state index in [-0.39, 0.29) is 39.7 Å². The molecule has 0 spiro atoms. The van der Waals surface area contributed by atoms with Gasteiger partial charge in [-0.1, -0.05) is 41.4 Å². The Morgan fingerprint density at radius 3 is 2.39 bits per heavy atom. The largest absolute Gasteiger partial charge is 0.459 e. The molecule has 3 N–H and O–H groups in total. The van der Waals surface area contributed by atoms with Crippen molar-refractivity contribution >= 4 is 46.6 Å². The van der Waals surface area contributed by atoms with Crippen molar-refractivity contribution in [3.05, 3.63) is 87.8 Å². The van der Waals surface area contributed by atoms with Crippen molar-refractivity contribution in [3.63, 3.8) is 0 Å². The Hall–Kier alpha value is -3.29. The predicted molar refractivity (Wildman–Crippen MR) is 118 cm³/mol. The maximum absolute atomic E-state index is 12.3. The third-order valence-corrected chi connectivity index (χ3v) is 5.18. The Balaban J connectivity index is 1.50. The maximum atomic E-state index is 12.3. The molecule has 1 atom stereocenters. The van der Waals surface area contributed by atoms with Gasteiger partial charge in [0.1, 0.15) is 6.04 Å². The molecule has 9 heteroatoms. The summed E-state index contributed by atoms with van der Waals surface area (Å²) in [5.41, 5.74) is 1.61. The van der Waals surface area contributed by atoms with E-state index in [9.17, 15) is 14.4 Å². The van der Waals surface area contributed by atoms with Crippen LogP contribution in [-0.4, -0.2) is 23.8 Å². The SMILES string of the molecule is CC(NC(=O)c1cccc(Cl)c1Cl)C(=O)NCc1ccc(NC(=O)c2ccco2)cc1. The molecule has 0 saturated carbocycles. The van der Waals surface area contributed by atoms with Crippen LogP contribution in [0, 0.1) is 0 Å². The molecule has 0 saturated heterocycles. The van der Waals surface area contributed by atoms with Gasteiger partial charge in [-0.15, -0.1) is 0 Å². The lowest BCUT2D eigenvalue weighted by atomic mass is 10.2. The van der Waals surface area contributed by atoms with Crippen LogP contribution in [0.2, 0.25) is 10.0 Å². The summed E-state index contributed by atoms with van der Waals surface area (Å²) in [4.78, 5) is 36.6. The van der Waals surface area contributed by atoms with Gasteiger partial charge < -0.3 is 20.4 Å². The van der Waals surface area contributed by atoms with Gasteiger partial charge in [-0.25, -0.2) is 0 Å². The number of carbonyl (C=O) groups is 3. The second-order valence-corrected chi connectivity index (χ2v) is 7.43. The highest BCUT2D eigenvalue weighted by atomic mass is 35.5. The van der Waals surface area contributed by atoms with Crippen molar-refractivity contribution in [1.82, 2.24) is 10.6 Å². The van der Waals surface area contributed by atoms with Crippen molar-refractivity contribution < 1.29 is 18.8 Å². The summed E-state index contributed by atoms with van der Waals surface area (Å²) >= 11 is 12.0. The van der Waals surface area contributed by atoms with E-state index in [4.69, 9.17) is 27.6 Å². The number of carbonyl (C=O) groups excluding carboxylic acids is 3. The fourth-order valence-corrected chi connectivity index (χ4v) is 3.05. The fourth-order valence-electron chi connectivity index (χ4n) is 2.67. The summed E-state index contributed by atoms with van der Waals surface area (Å²) in [6.07, 6.45) is 1.42. The third kappa shape index (κ3) is 5.87. The molecule has 3 aromatic rings. The average Bonchev–Trinajstić information content (AvgIpc) is 3.30. The Kier molecular flexibility index (Phi) is 7.33. The molecule has 1 aromatic heterocycles. The molecule has 3 amide bonds. The molecule has 160 valence electrons. The van der Waals surface area contributed by atoms with Crippen LogP contribution in [0.1, 0.15) is 33.4 Å². The summed E-state index contributed by atoms with van der Waals surface area (Å²) < 4.78 is 5.04. The molecule has 1 unspecified atom stereocenters. The highest BCUT2D eigenvalue weighted by molar-refractivity contribution is 6.43. The lowest BCUT2D eigenvalue weighted by molar-refractivity contribution is -0.122. The van der Waals surface area contributed by atoms with Gasteiger partial charge in [0.05, 0.1) is 21.9 Å². The molecule has 2 aromatic carbocycles. The van der Waals surface area contributed by atoms with Crippen LogP contribution in [0.5, 0.6) is 0 Å². The lowest BCUT2D eigenvalue weighted by Gasteiger charge is -2.15. The topological polar surface area (TPSA) is 100 Å². The zero-order valence-electron chi connectivity index (χ0n) is 16.4. The van der Waals surface area contributed by atoms with Crippen LogP contribution in [0.15, 0.2) is 65.3 Å². The first-order valence-corrected chi connectivity index (χ1v) is 10.1. The van der Waals surface area contributed by atoms with Crippen LogP contribution >= 0.6 is 23.2 Å². The van der Waals surface area contributed by atoms with Gasteiger partial charge in [-0.2, -0.15) is 0 Å². The standard InChI is InChI=1S/C22H19Cl2N3O4/c1-13(26-21(29)16-4-2-5-17(23)19(16)24)20(28)25-12-14-7-9-15(10-8-14)27-22(30)18-6-3-11-31-18/h2-11,13H,12H2,1H3,(H,25,28)(H,26,29)(H,27,30). The summed E-state index contributed by atoms with van der Waals surface area (Å²) in [6.45, 7) is 1.82. The number of anilines is 1. The number of rotatable bonds is 7. The summed E-state index contributed by atoms with van der Waals surface area (Å²) in [5, 5.41) is 8.45. The number of hydrogen-bond acceptors (Lipinski definition) is 4. The van der Waals surface area contributed by atoms with E-state index in [2.05, 4.69) is 16.0 Å². The van der Waals surface area contributed by atoms with Gasteiger partial charge in [-0.05, 0) is 48.9 Å². The number of benzene rings is 2. The molecule has 0 aliphatic rings. The zero-order chi connectivity index (χ0) is 22.4. The van der Waals surface area contributed by atoms with Gasteiger partial charge in [0.25, 0.3) is 11.8 Å². The van der Waals surface area contributed by atoms with Crippen LogP contribution in [0.25, 0.3) is 0 Å². The van der Waals surface area contributed by atoms with Crippen molar-refractivity contribution in [3.8, 4) is 0 Å². The van der Waals surface area contributed by atoms with Crippen LogP contribution in [0.4, 0.5) is 5.69 Å². The number of amides is 3. The minimum Gasteiger partial charge on any atom is -0.459 e. The zero-order valence-corrected chi connectivity index (χ0v) is 18.0. The molecule has 1 heterocycles. The number of halogens is 2. The molecule has 0 aliphatic heterocycles. The summed E-state index contributed by atoms with van der Waals surface area (Å²) in [6, 6.07) is 14.1. The van der Waals surface area contributed by atoms with Gasteiger partial charge in [0, 0.05) is 12.2 Å². The quantitative estimate of drug-likeness (QED) is 0.490. The highest BCUT2D eigenvalue weighted by Crippen LogP contribution is 2.25. The molecule has 7 nitrogen and oxygen atoms in total. The van der Waals surface area contributed by atoms with E-state index in [0.29, 0.717) is 5.69 Å². The van der Waals surface area contributed by atoms with Crippen molar-refractivity contribution in [2.45, 2.75) is 19.5 Å². The Bertz CT molecular complexity index is 1080. The molecular formula is C22H19Cl2N3O4. The second kappa shape index (κ2) is 10.1. The molecule has 0 aliphatic carbocycles. The normalized spacial score (nSPS) is 11.5. The molecule has 0 radical (unpaired) electrons. The first-order chi connectivity index (χ1) is 14.8. The van der Waals surface area contributed by atoms with E-state index in [1.165, 1.54) is 12.3 Å². The van der Waals surface area contributed by atoms with E-state index in [0.717, 1.165) is 5.56 Å². The highest BCUT2D eigenvalue weighted by Gasteiger charge is 2.19. The average molecular weight is 460 g/mol. The monoisotopic (exact) mass is 459 g/mol. The van der Waals surface area contributed by atoms with Crippen LogP contribution < -0.4 is 16.0 Å². The molecule has 0 fully saturated rings. The minimum atomic E-state index is -0.783. The minimum absolute atomic E-state index is 0.133. The molecule has 0 bridgehead atoms. The van der Waals surface area contributed by atoms with Crippen molar-refractivity contribution in [2.24, 2.45) is 0 Å². The second-order valence-electron chi connectivity index (χ2n) is 6.64. The summed E-state index contributed by atoms with van der Waals surface area (Å²) in [7, 11) is 0. The Labute approximate surface area is 188 Å². The van der Waals surface area contributed by atoms with Gasteiger partial charge in [0.15, 0.2) is 5.76 Å². The Morgan fingerprint density at radius 1 is 0.968 bits per heavy atom. The fraction of sp³-hybridized carbons (Fsp3) is 0.136. The summed E-state index contributed by atoms with van der Waals surface area (Å²) in [5.74, 6) is -0.990.